The van der Waals surface area contributed by atoms with Crippen LogP contribution < -0.4 is 16.4 Å². The van der Waals surface area contributed by atoms with Gasteiger partial charge in [-0.1, -0.05) is 32.9 Å². The van der Waals surface area contributed by atoms with Gasteiger partial charge in [-0.2, -0.15) is 0 Å². The van der Waals surface area contributed by atoms with Gasteiger partial charge in [0, 0.05) is 18.0 Å². The van der Waals surface area contributed by atoms with Gasteiger partial charge in [-0.3, -0.25) is 9.59 Å². The van der Waals surface area contributed by atoms with E-state index in [-0.39, 0.29) is 17.9 Å². The number of para-hydroxylation sites is 1. The Kier molecular flexibility index (Phi) is 4.86. The van der Waals surface area contributed by atoms with E-state index in [1.54, 1.807) is 24.3 Å². The van der Waals surface area contributed by atoms with Crippen LogP contribution in [-0.2, 0) is 4.79 Å². The van der Waals surface area contributed by atoms with Crippen LogP contribution in [0, 0.1) is 11.3 Å². The summed E-state index contributed by atoms with van der Waals surface area (Å²) < 4.78 is 0. The normalized spacial score (nSPS) is 16.0. The summed E-state index contributed by atoms with van der Waals surface area (Å²) >= 11 is 0. The first-order valence-electron chi connectivity index (χ1n) is 7.74. The topological polar surface area (TPSA) is 84.2 Å². The van der Waals surface area contributed by atoms with E-state index in [0.29, 0.717) is 23.7 Å². The van der Waals surface area contributed by atoms with Crippen LogP contribution in [0.15, 0.2) is 24.3 Å². The lowest BCUT2D eigenvalue weighted by Gasteiger charge is -2.20. The van der Waals surface area contributed by atoms with E-state index in [9.17, 15) is 9.59 Å². The zero-order valence-corrected chi connectivity index (χ0v) is 13.5. The van der Waals surface area contributed by atoms with Crippen molar-refractivity contribution in [2.24, 2.45) is 17.1 Å². The maximum atomic E-state index is 12.5. The molecule has 120 valence electrons. The van der Waals surface area contributed by atoms with Crippen molar-refractivity contribution in [2.75, 3.05) is 11.9 Å². The van der Waals surface area contributed by atoms with Crippen LogP contribution in [-0.4, -0.2) is 24.4 Å². The third-order valence-corrected chi connectivity index (χ3v) is 3.86. The molecule has 0 spiro atoms. The highest BCUT2D eigenvalue weighted by atomic mass is 16.2. The van der Waals surface area contributed by atoms with Crippen molar-refractivity contribution in [1.82, 2.24) is 5.32 Å². The fraction of sp³-hybridized carbons (Fsp3) is 0.529. The number of benzene rings is 1. The molecule has 0 heterocycles. The van der Waals surface area contributed by atoms with Crippen molar-refractivity contribution in [3.05, 3.63) is 29.8 Å². The Labute approximate surface area is 131 Å². The summed E-state index contributed by atoms with van der Waals surface area (Å²) in [5.41, 5.74) is 6.22. The Bertz CT molecular complexity index is 559. The van der Waals surface area contributed by atoms with E-state index >= 15 is 0 Å². The van der Waals surface area contributed by atoms with Crippen LogP contribution in [0.4, 0.5) is 5.69 Å². The molecule has 0 aliphatic heterocycles. The summed E-state index contributed by atoms with van der Waals surface area (Å²) in [6.07, 6.45) is 2.23. The zero-order chi connectivity index (χ0) is 16.3. The molecule has 1 aliphatic carbocycles. The van der Waals surface area contributed by atoms with Crippen molar-refractivity contribution in [2.45, 2.75) is 39.7 Å². The number of carbonyl (C=O) groups is 2. The number of carbonyl (C=O) groups excluding carboxylic acids is 2. The standard InChI is InChI=1S/C17H25N3O2/c1-17(2,3)16(22)20-13-7-5-4-6-12(13)15(21)19-14(10-18)11-8-9-11/h4-7,11,14H,8-10,18H2,1-3H3,(H,19,21)(H,20,22). The van der Waals surface area contributed by atoms with Gasteiger partial charge in [0.25, 0.3) is 5.91 Å². The second-order valence-electron chi connectivity index (χ2n) is 6.90. The fourth-order valence-corrected chi connectivity index (χ4v) is 2.21. The summed E-state index contributed by atoms with van der Waals surface area (Å²) in [5.74, 6) is 0.183. The second kappa shape index (κ2) is 6.48. The summed E-state index contributed by atoms with van der Waals surface area (Å²) in [7, 11) is 0. The molecule has 2 rings (SSSR count). The molecule has 22 heavy (non-hydrogen) atoms. The summed E-state index contributed by atoms with van der Waals surface area (Å²) in [6.45, 7) is 5.95. The molecule has 1 aromatic rings. The van der Waals surface area contributed by atoms with Crippen molar-refractivity contribution in [3.63, 3.8) is 0 Å². The van der Waals surface area contributed by atoms with Gasteiger partial charge in [0.15, 0.2) is 0 Å². The number of hydrogen-bond acceptors (Lipinski definition) is 3. The average molecular weight is 303 g/mol. The highest BCUT2D eigenvalue weighted by molar-refractivity contribution is 6.04. The summed E-state index contributed by atoms with van der Waals surface area (Å²) in [4.78, 5) is 24.6. The minimum absolute atomic E-state index is 0.0128. The Morgan fingerprint density at radius 1 is 1.27 bits per heavy atom. The molecular formula is C17H25N3O2. The van der Waals surface area contributed by atoms with Crippen molar-refractivity contribution >= 4 is 17.5 Å². The molecule has 0 saturated heterocycles. The molecule has 4 N–H and O–H groups in total. The van der Waals surface area contributed by atoms with E-state index in [1.165, 1.54) is 0 Å². The molecule has 5 nitrogen and oxygen atoms in total. The Morgan fingerprint density at radius 3 is 2.45 bits per heavy atom. The first kappa shape index (κ1) is 16.5. The van der Waals surface area contributed by atoms with E-state index in [0.717, 1.165) is 12.8 Å². The van der Waals surface area contributed by atoms with Crippen molar-refractivity contribution < 1.29 is 9.59 Å². The Morgan fingerprint density at radius 2 is 1.91 bits per heavy atom. The number of nitrogens with one attached hydrogen (secondary N) is 2. The Hall–Kier alpha value is -1.88. The molecule has 1 atom stereocenters. The molecule has 1 unspecified atom stereocenters. The molecule has 1 fully saturated rings. The fourth-order valence-electron chi connectivity index (χ4n) is 2.21. The van der Waals surface area contributed by atoms with Crippen molar-refractivity contribution in [1.29, 1.82) is 0 Å². The third-order valence-electron chi connectivity index (χ3n) is 3.86. The number of nitrogens with two attached hydrogens (primary N) is 1. The molecule has 1 saturated carbocycles. The summed E-state index contributed by atoms with van der Waals surface area (Å²) in [5, 5.41) is 5.82. The maximum Gasteiger partial charge on any atom is 0.253 e. The SMILES string of the molecule is CC(C)(C)C(=O)Nc1ccccc1C(=O)NC(CN)C1CC1. The van der Waals surface area contributed by atoms with E-state index in [2.05, 4.69) is 10.6 Å². The van der Waals surface area contributed by atoms with Crippen LogP contribution in [0.1, 0.15) is 44.0 Å². The van der Waals surface area contributed by atoms with Gasteiger partial charge in [-0.05, 0) is 30.9 Å². The van der Waals surface area contributed by atoms with Gasteiger partial charge in [0.2, 0.25) is 5.91 Å². The van der Waals surface area contributed by atoms with Crippen LogP contribution in [0.2, 0.25) is 0 Å². The smallest absolute Gasteiger partial charge is 0.253 e. The highest BCUT2D eigenvalue weighted by Gasteiger charge is 2.32. The number of amides is 2. The third kappa shape index (κ3) is 4.07. The minimum atomic E-state index is -0.516. The molecule has 2 amide bonds. The average Bonchev–Trinajstić information content (AvgIpc) is 3.28. The number of hydrogen-bond donors (Lipinski definition) is 3. The first-order chi connectivity index (χ1) is 10.3. The van der Waals surface area contributed by atoms with E-state index in [4.69, 9.17) is 5.73 Å². The van der Waals surface area contributed by atoms with Gasteiger partial charge < -0.3 is 16.4 Å². The molecular weight excluding hydrogens is 278 g/mol. The molecule has 0 aromatic heterocycles. The van der Waals surface area contributed by atoms with Crippen molar-refractivity contribution in [3.8, 4) is 0 Å². The maximum absolute atomic E-state index is 12.5. The van der Waals surface area contributed by atoms with Crippen LogP contribution >= 0.6 is 0 Å². The lowest BCUT2D eigenvalue weighted by molar-refractivity contribution is -0.123. The van der Waals surface area contributed by atoms with E-state index < -0.39 is 5.41 Å². The van der Waals surface area contributed by atoms with E-state index in [1.807, 2.05) is 20.8 Å². The molecule has 5 heteroatoms. The van der Waals surface area contributed by atoms with Crippen LogP contribution in [0.5, 0.6) is 0 Å². The monoisotopic (exact) mass is 303 g/mol. The quantitative estimate of drug-likeness (QED) is 0.779. The van der Waals surface area contributed by atoms with Gasteiger partial charge >= 0.3 is 0 Å². The van der Waals surface area contributed by atoms with Crippen LogP contribution in [0.3, 0.4) is 0 Å². The lowest BCUT2D eigenvalue weighted by atomic mass is 9.95. The minimum Gasteiger partial charge on any atom is -0.348 e. The molecule has 1 aromatic carbocycles. The molecule has 0 bridgehead atoms. The van der Waals surface area contributed by atoms with Crippen LogP contribution in [0.25, 0.3) is 0 Å². The highest BCUT2D eigenvalue weighted by Crippen LogP contribution is 2.32. The van der Waals surface area contributed by atoms with Gasteiger partial charge in [-0.25, -0.2) is 0 Å². The summed E-state index contributed by atoms with van der Waals surface area (Å²) in [6, 6.07) is 7.06. The second-order valence-corrected chi connectivity index (χ2v) is 6.90. The number of rotatable bonds is 5. The largest absolute Gasteiger partial charge is 0.348 e. The van der Waals surface area contributed by atoms with Gasteiger partial charge in [-0.15, -0.1) is 0 Å². The predicted octanol–water partition coefficient (Wildman–Crippen LogP) is 2.14. The molecule has 0 radical (unpaired) electrons. The molecule has 1 aliphatic rings. The predicted molar refractivity (Wildman–Crippen MR) is 87.6 cm³/mol. The zero-order valence-electron chi connectivity index (χ0n) is 13.5. The Balaban J connectivity index is 2.13. The van der Waals surface area contributed by atoms with Gasteiger partial charge in [0.1, 0.15) is 0 Å². The first-order valence-corrected chi connectivity index (χ1v) is 7.74. The number of anilines is 1. The lowest BCUT2D eigenvalue weighted by Crippen LogP contribution is -2.42. The van der Waals surface area contributed by atoms with Gasteiger partial charge in [0.05, 0.1) is 11.3 Å².